The summed E-state index contributed by atoms with van der Waals surface area (Å²) in [5.41, 5.74) is 1.83. The van der Waals surface area contributed by atoms with E-state index in [9.17, 15) is 14.4 Å². The number of anilines is 1. The van der Waals surface area contributed by atoms with Crippen LogP contribution < -0.4 is 4.90 Å². The van der Waals surface area contributed by atoms with Crippen molar-refractivity contribution in [2.24, 2.45) is 0 Å². The van der Waals surface area contributed by atoms with E-state index in [1.807, 2.05) is 19.1 Å². The van der Waals surface area contributed by atoms with Gasteiger partial charge in [-0.2, -0.15) is 0 Å². The first-order valence-corrected chi connectivity index (χ1v) is 9.79. The molecular weight excluding hydrogens is 408 g/mol. The number of nitrogens with zero attached hydrogens (tertiary/aromatic N) is 2. The molecule has 8 heteroatoms. The van der Waals surface area contributed by atoms with Gasteiger partial charge in [0.05, 0.1) is 18.7 Å². The lowest BCUT2D eigenvalue weighted by molar-refractivity contribution is -0.128. The Morgan fingerprint density at radius 1 is 1.10 bits per heavy atom. The van der Waals surface area contributed by atoms with Gasteiger partial charge in [-0.3, -0.25) is 14.4 Å². The molecule has 1 atom stereocenters. The maximum Gasteiger partial charge on any atom is 0.257 e. The summed E-state index contributed by atoms with van der Waals surface area (Å²) in [6.07, 6.45) is -0.869. The van der Waals surface area contributed by atoms with Gasteiger partial charge in [-0.05, 0) is 43.3 Å². The maximum atomic E-state index is 13.3. The van der Waals surface area contributed by atoms with E-state index in [2.05, 4.69) is 0 Å². The highest BCUT2D eigenvalue weighted by molar-refractivity contribution is 6.31. The summed E-state index contributed by atoms with van der Waals surface area (Å²) in [6.45, 7) is 1.92. The lowest BCUT2D eigenvalue weighted by Crippen LogP contribution is -2.49. The number of carbonyl (C=O) groups excluding carboxylic acids is 3. The molecule has 1 aliphatic heterocycles. The highest BCUT2D eigenvalue weighted by atomic mass is 35.5. The van der Waals surface area contributed by atoms with Crippen molar-refractivity contribution in [3.8, 4) is 0 Å². The SMILES string of the molecule is COC(CN(C(=O)c1ccc(C)cc1)C1CC(=O)N(c2ccc(Cl)cc2)C1=O)OC. The normalized spacial score (nSPS) is 16.4. The van der Waals surface area contributed by atoms with Crippen molar-refractivity contribution in [3.63, 3.8) is 0 Å². The molecule has 30 heavy (non-hydrogen) atoms. The molecule has 2 aromatic carbocycles. The Kier molecular flexibility index (Phi) is 6.87. The Morgan fingerprint density at radius 3 is 2.27 bits per heavy atom. The molecule has 0 bridgehead atoms. The van der Waals surface area contributed by atoms with Crippen LogP contribution in [0.25, 0.3) is 0 Å². The average Bonchev–Trinajstić information content (AvgIpc) is 3.03. The van der Waals surface area contributed by atoms with Crippen LogP contribution in [-0.2, 0) is 19.1 Å². The summed E-state index contributed by atoms with van der Waals surface area (Å²) in [4.78, 5) is 41.6. The molecule has 3 rings (SSSR count). The number of imide groups is 1. The number of hydrogen-bond acceptors (Lipinski definition) is 5. The van der Waals surface area contributed by atoms with E-state index in [0.29, 0.717) is 16.3 Å². The van der Waals surface area contributed by atoms with Crippen LogP contribution >= 0.6 is 11.6 Å². The number of amides is 3. The molecule has 1 fully saturated rings. The van der Waals surface area contributed by atoms with Crippen molar-refractivity contribution in [1.29, 1.82) is 0 Å². The van der Waals surface area contributed by atoms with Gasteiger partial charge in [-0.25, -0.2) is 4.90 Å². The highest BCUT2D eigenvalue weighted by Crippen LogP contribution is 2.28. The topological polar surface area (TPSA) is 76.2 Å². The van der Waals surface area contributed by atoms with Gasteiger partial charge in [0.1, 0.15) is 6.04 Å². The molecule has 1 heterocycles. The molecule has 0 aliphatic carbocycles. The van der Waals surface area contributed by atoms with Crippen LogP contribution in [0, 0.1) is 6.92 Å². The molecule has 0 spiro atoms. The highest BCUT2D eigenvalue weighted by Gasteiger charge is 2.45. The van der Waals surface area contributed by atoms with Crippen LogP contribution in [0.2, 0.25) is 5.02 Å². The quantitative estimate of drug-likeness (QED) is 0.498. The molecule has 1 aliphatic rings. The standard InChI is InChI=1S/C22H23ClN2O5/c1-14-4-6-15(7-5-14)21(27)24(13-20(29-2)30-3)18-12-19(26)25(22(18)28)17-10-8-16(23)9-11-17/h4-11,18,20H,12-13H2,1-3H3. The van der Waals surface area contributed by atoms with E-state index in [1.54, 1.807) is 36.4 Å². The van der Waals surface area contributed by atoms with Crippen LogP contribution in [0.4, 0.5) is 5.69 Å². The van der Waals surface area contributed by atoms with E-state index in [0.717, 1.165) is 10.5 Å². The third kappa shape index (κ3) is 4.53. The second-order valence-corrected chi connectivity index (χ2v) is 7.42. The zero-order chi connectivity index (χ0) is 21.8. The predicted molar refractivity (Wildman–Crippen MR) is 112 cm³/mol. The fourth-order valence-corrected chi connectivity index (χ4v) is 3.47. The Labute approximate surface area is 180 Å². The number of aryl methyl sites for hydroxylation is 1. The molecule has 158 valence electrons. The Hall–Kier alpha value is -2.74. The smallest absolute Gasteiger partial charge is 0.257 e. The second-order valence-electron chi connectivity index (χ2n) is 6.99. The van der Waals surface area contributed by atoms with Gasteiger partial charge in [0.25, 0.3) is 11.8 Å². The third-order valence-corrected chi connectivity index (χ3v) is 5.27. The van der Waals surface area contributed by atoms with Gasteiger partial charge in [-0.15, -0.1) is 0 Å². The number of halogens is 1. The molecule has 0 aromatic heterocycles. The van der Waals surface area contributed by atoms with Gasteiger partial charge >= 0.3 is 0 Å². The van der Waals surface area contributed by atoms with E-state index < -0.39 is 18.2 Å². The zero-order valence-corrected chi connectivity index (χ0v) is 17.8. The van der Waals surface area contributed by atoms with E-state index >= 15 is 0 Å². The molecule has 0 saturated carbocycles. The van der Waals surface area contributed by atoms with Crippen LogP contribution in [0.3, 0.4) is 0 Å². The largest absolute Gasteiger partial charge is 0.354 e. The van der Waals surface area contributed by atoms with Crippen LogP contribution in [0.15, 0.2) is 48.5 Å². The van der Waals surface area contributed by atoms with Crippen molar-refractivity contribution >= 4 is 35.0 Å². The summed E-state index contributed by atoms with van der Waals surface area (Å²) in [5, 5.41) is 0.494. The van der Waals surface area contributed by atoms with Crippen LogP contribution in [0.5, 0.6) is 0 Å². The molecule has 0 radical (unpaired) electrons. The molecule has 1 saturated heterocycles. The summed E-state index contributed by atoms with van der Waals surface area (Å²) >= 11 is 5.91. The van der Waals surface area contributed by atoms with Crippen molar-refractivity contribution < 1.29 is 23.9 Å². The fourth-order valence-electron chi connectivity index (χ4n) is 3.34. The first-order valence-electron chi connectivity index (χ1n) is 9.41. The lowest BCUT2D eigenvalue weighted by Gasteiger charge is -2.30. The molecule has 0 N–H and O–H groups in total. The number of carbonyl (C=O) groups is 3. The average molecular weight is 431 g/mol. The minimum Gasteiger partial charge on any atom is -0.354 e. The minimum absolute atomic E-state index is 0.00213. The molecule has 1 unspecified atom stereocenters. The Morgan fingerprint density at radius 2 is 1.70 bits per heavy atom. The fraction of sp³-hybridized carbons (Fsp3) is 0.318. The number of methoxy groups -OCH3 is 2. The first kappa shape index (κ1) is 22.0. The van der Waals surface area contributed by atoms with E-state index in [4.69, 9.17) is 21.1 Å². The van der Waals surface area contributed by atoms with Crippen LogP contribution in [-0.4, -0.2) is 55.7 Å². The van der Waals surface area contributed by atoms with Crippen molar-refractivity contribution in [2.45, 2.75) is 25.7 Å². The molecule has 7 nitrogen and oxygen atoms in total. The van der Waals surface area contributed by atoms with Crippen molar-refractivity contribution in [1.82, 2.24) is 4.90 Å². The van der Waals surface area contributed by atoms with Gasteiger partial charge in [0.15, 0.2) is 6.29 Å². The van der Waals surface area contributed by atoms with E-state index in [-0.39, 0.29) is 24.8 Å². The molecule has 3 amide bonds. The Bertz CT molecular complexity index is 926. The predicted octanol–water partition coefficient (Wildman–Crippen LogP) is 3.04. The summed E-state index contributed by atoms with van der Waals surface area (Å²) in [7, 11) is 2.90. The number of ether oxygens (including phenoxy) is 2. The maximum absolute atomic E-state index is 13.3. The van der Waals surface area contributed by atoms with Gasteiger partial charge in [-0.1, -0.05) is 29.3 Å². The molecular formula is C22H23ClN2O5. The number of rotatable bonds is 7. The van der Waals surface area contributed by atoms with E-state index in [1.165, 1.54) is 19.1 Å². The van der Waals surface area contributed by atoms with Gasteiger partial charge < -0.3 is 14.4 Å². The van der Waals surface area contributed by atoms with Gasteiger partial charge in [0, 0.05) is 24.8 Å². The van der Waals surface area contributed by atoms with Gasteiger partial charge in [0.2, 0.25) is 5.91 Å². The van der Waals surface area contributed by atoms with Crippen molar-refractivity contribution in [3.05, 3.63) is 64.7 Å². The third-order valence-electron chi connectivity index (χ3n) is 5.01. The zero-order valence-electron chi connectivity index (χ0n) is 17.0. The number of hydrogen-bond donors (Lipinski definition) is 0. The summed E-state index contributed by atoms with van der Waals surface area (Å²) in [6, 6.07) is 12.5. The summed E-state index contributed by atoms with van der Waals surface area (Å²) < 4.78 is 10.5. The molecule has 2 aromatic rings. The van der Waals surface area contributed by atoms with Crippen molar-refractivity contribution in [2.75, 3.05) is 25.7 Å². The first-order chi connectivity index (χ1) is 14.3. The summed E-state index contributed by atoms with van der Waals surface area (Å²) in [5.74, 6) is -1.24. The van der Waals surface area contributed by atoms with Crippen LogP contribution in [0.1, 0.15) is 22.3 Å². The second kappa shape index (κ2) is 9.38. The monoisotopic (exact) mass is 430 g/mol. The Balaban J connectivity index is 1.93. The minimum atomic E-state index is -0.963. The lowest BCUT2D eigenvalue weighted by atomic mass is 10.1. The number of benzene rings is 2.